The lowest BCUT2D eigenvalue weighted by atomic mass is 10.1. The number of nitrogens with zero attached hydrogens (tertiary/aromatic N) is 2. The Morgan fingerprint density at radius 3 is 2.86 bits per heavy atom. The third-order valence-corrected chi connectivity index (χ3v) is 4.75. The van der Waals surface area contributed by atoms with E-state index < -0.39 is 11.5 Å². The lowest BCUT2D eigenvalue weighted by Gasteiger charge is -2.23. The molecule has 0 radical (unpaired) electrons. The number of hydrogen-bond donors (Lipinski definition) is 0. The molecule has 1 aromatic heterocycles. The maximum Gasteiger partial charge on any atom is 0.150 e. The van der Waals surface area contributed by atoms with E-state index in [4.69, 9.17) is 16.3 Å². The maximum atomic E-state index is 14.3. The maximum absolute atomic E-state index is 14.3. The Bertz CT molecular complexity index is 705. The summed E-state index contributed by atoms with van der Waals surface area (Å²) in [6, 6.07) is 1.33. The molecule has 3 nitrogen and oxygen atoms in total. The first-order valence-corrected chi connectivity index (χ1v) is 7.64. The molecule has 6 heteroatoms. The van der Waals surface area contributed by atoms with Gasteiger partial charge >= 0.3 is 0 Å². The zero-order valence-electron chi connectivity index (χ0n) is 11.4. The van der Waals surface area contributed by atoms with Gasteiger partial charge in [0.25, 0.3) is 0 Å². The summed E-state index contributed by atoms with van der Waals surface area (Å²) in [7, 11) is 0. The first kappa shape index (κ1) is 13.5. The Hall–Kier alpha value is -1.20. The van der Waals surface area contributed by atoms with Gasteiger partial charge in [-0.3, -0.25) is 0 Å². The molecule has 112 valence electrons. The van der Waals surface area contributed by atoms with Crippen LogP contribution in [0.1, 0.15) is 43.9 Å². The SMILES string of the molecule is Fc1cc2c(cnn2C2CCCCO2)c(Cl)c1C1(F)CC1. The summed E-state index contributed by atoms with van der Waals surface area (Å²) >= 11 is 6.25. The van der Waals surface area contributed by atoms with Crippen molar-refractivity contribution in [3.63, 3.8) is 0 Å². The Morgan fingerprint density at radius 1 is 1.38 bits per heavy atom. The quantitative estimate of drug-likeness (QED) is 0.817. The molecule has 21 heavy (non-hydrogen) atoms. The van der Waals surface area contributed by atoms with E-state index in [1.807, 2.05) is 0 Å². The van der Waals surface area contributed by atoms with Gasteiger partial charge in [-0.05, 0) is 32.1 Å². The molecule has 1 aromatic carbocycles. The van der Waals surface area contributed by atoms with Gasteiger partial charge in [0.15, 0.2) is 6.23 Å². The van der Waals surface area contributed by atoms with Crippen molar-refractivity contribution in [2.24, 2.45) is 0 Å². The van der Waals surface area contributed by atoms with Crippen LogP contribution in [0.25, 0.3) is 10.9 Å². The van der Waals surface area contributed by atoms with E-state index in [0.717, 1.165) is 19.3 Å². The largest absolute Gasteiger partial charge is 0.356 e. The van der Waals surface area contributed by atoms with E-state index >= 15 is 0 Å². The molecule has 1 unspecified atom stereocenters. The van der Waals surface area contributed by atoms with Gasteiger partial charge in [0.2, 0.25) is 0 Å². The van der Waals surface area contributed by atoms with Crippen molar-refractivity contribution in [1.29, 1.82) is 0 Å². The van der Waals surface area contributed by atoms with Gasteiger partial charge in [0.05, 0.1) is 16.7 Å². The lowest BCUT2D eigenvalue weighted by Crippen LogP contribution is -2.19. The molecule has 0 N–H and O–H groups in total. The Labute approximate surface area is 125 Å². The number of aromatic nitrogens is 2. The number of benzene rings is 1. The van der Waals surface area contributed by atoms with Crippen LogP contribution in [0.3, 0.4) is 0 Å². The summed E-state index contributed by atoms with van der Waals surface area (Å²) < 4.78 is 35.9. The summed E-state index contributed by atoms with van der Waals surface area (Å²) in [4.78, 5) is 0. The summed E-state index contributed by atoms with van der Waals surface area (Å²) in [5.41, 5.74) is -1.04. The summed E-state index contributed by atoms with van der Waals surface area (Å²) in [6.45, 7) is 0.675. The van der Waals surface area contributed by atoms with Crippen molar-refractivity contribution < 1.29 is 13.5 Å². The Kier molecular flexibility index (Phi) is 2.98. The molecular weight excluding hydrogens is 298 g/mol. The fourth-order valence-corrected chi connectivity index (χ4v) is 3.44. The highest BCUT2D eigenvalue weighted by Gasteiger charge is 2.49. The van der Waals surface area contributed by atoms with Crippen LogP contribution in [0.4, 0.5) is 8.78 Å². The van der Waals surface area contributed by atoms with Crippen LogP contribution in [0.2, 0.25) is 5.02 Å². The average molecular weight is 313 g/mol. The molecule has 2 heterocycles. The Morgan fingerprint density at radius 2 is 2.19 bits per heavy atom. The molecule has 0 amide bonds. The summed E-state index contributed by atoms with van der Waals surface area (Å²) in [5.74, 6) is -0.593. The second-order valence-corrected chi connectivity index (χ2v) is 6.23. The van der Waals surface area contributed by atoms with Crippen LogP contribution in [0.5, 0.6) is 0 Å². The number of alkyl halides is 1. The molecule has 0 bridgehead atoms. The van der Waals surface area contributed by atoms with Gasteiger partial charge < -0.3 is 4.74 Å². The molecular formula is C15H15ClF2N2O. The highest BCUT2D eigenvalue weighted by atomic mass is 35.5. The molecule has 1 aliphatic heterocycles. The normalized spacial score (nSPS) is 24.4. The molecule has 1 atom stereocenters. The van der Waals surface area contributed by atoms with E-state index in [-0.39, 0.29) is 16.8 Å². The van der Waals surface area contributed by atoms with Crippen LogP contribution in [-0.2, 0) is 10.4 Å². The third kappa shape index (κ3) is 2.06. The van der Waals surface area contributed by atoms with Crippen LogP contribution in [-0.4, -0.2) is 16.4 Å². The second kappa shape index (κ2) is 4.65. The molecule has 1 saturated carbocycles. The van der Waals surface area contributed by atoms with Gasteiger partial charge in [0, 0.05) is 23.6 Å². The van der Waals surface area contributed by atoms with Crippen molar-refractivity contribution in [3.05, 3.63) is 28.7 Å². The topological polar surface area (TPSA) is 27.1 Å². The monoisotopic (exact) mass is 312 g/mol. The lowest BCUT2D eigenvalue weighted by molar-refractivity contribution is -0.0366. The van der Waals surface area contributed by atoms with Crippen LogP contribution < -0.4 is 0 Å². The first-order valence-electron chi connectivity index (χ1n) is 7.26. The number of fused-ring (bicyclic) bond motifs is 1. The Balaban J connectivity index is 1.85. The number of rotatable bonds is 2. The predicted octanol–water partition coefficient (Wildman–Crippen LogP) is 4.49. The molecule has 2 aromatic rings. The highest BCUT2D eigenvalue weighted by molar-refractivity contribution is 6.36. The summed E-state index contributed by atoms with van der Waals surface area (Å²) in [5, 5.41) is 5.02. The van der Waals surface area contributed by atoms with Crippen molar-refractivity contribution in [1.82, 2.24) is 9.78 Å². The molecule has 0 spiro atoms. The summed E-state index contributed by atoms with van der Waals surface area (Å²) in [6.07, 6.45) is 4.95. The van der Waals surface area contributed by atoms with Gasteiger partial charge in [-0.2, -0.15) is 5.10 Å². The standard InChI is InChI=1S/C15H15ClF2N2O/c16-14-9-8-19-20(12-3-1-2-6-21-12)11(9)7-10(17)13(14)15(18)4-5-15/h7-8,12H,1-6H2. The molecule has 2 fully saturated rings. The molecule has 4 rings (SSSR count). The third-order valence-electron chi connectivity index (χ3n) is 4.36. The predicted molar refractivity (Wildman–Crippen MR) is 75.6 cm³/mol. The number of hydrogen-bond acceptors (Lipinski definition) is 2. The van der Waals surface area contributed by atoms with Crippen molar-refractivity contribution in [2.75, 3.05) is 6.61 Å². The van der Waals surface area contributed by atoms with Gasteiger partial charge in [-0.25, -0.2) is 13.5 Å². The minimum absolute atomic E-state index is 0.0132. The zero-order valence-corrected chi connectivity index (χ0v) is 12.2. The van der Waals surface area contributed by atoms with Gasteiger partial charge in [-0.15, -0.1) is 0 Å². The molecule has 2 aliphatic rings. The van der Waals surface area contributed by atoms with Crippen LogP contribution in [0.15, 0.2) is 12.3 Å². The van der Waals surface area contributed by atoms with Gasteiger partial charge in [0.1, 0.15) is 11.5 Å². The van der Waals surface area contributed by atoms with E-state index in [0.29, 0.717) is 30.4 Å². The first-order chi connectivity index (χ1) is 10.1. The fraction of sp³-hybridized carbons (Fsp3) is 0.533. The van der Waals surface area contributed by atoms with Gasteiger partial charge in [-0.1, -0.05) is 11.6 Å². The van der Waals surface area contributed by atoms with E-state index in [1.165, 1.54) is 6.07 Å². The average Bonchev–Trinajstić information content (AvgIpc) is 3.06. The van der Waals surface area contributed by atoms with Crippen LogP contribution >= 0.6 is 11.6 Å². The van der Waals surface area contributed by atoms with E-state index in [1.54, 1.807) is 10.9 Å². The van der Waals surface area contributed by atoms with Crippen molar-refractivity contribution in [2.45, 2.75) is 44.0 Å². The minimum atomic E-state index is -1.60. The van der Waals surface area contributed by atoms with Crippen molar-refractivity contribution in [3.8, 4) is 0 Å². The number of ether oxygens (including phenoxy) is 1. The van der Waals surface area contributed by atoms with Crippen molar-refractivity contribution >= 4 is 22.5 Å². The van der Waals surface area contributed by atoms with Crippen LogP contribution in [0, 0.1) is 5.82 Å². The molecule has 1 aliphatic carbocycles. The fourth-order valence-electron chi connectivity index (χ4n) is 3.03. The second-order valence-electron chi connectivity index (χ2n) is 5.86. The molecule has 1 saturated heterocycles. The minimum Gasteiger partial charge on any atom is -0.356 e. The highest BCUT2D eigenvalue weighted by Crippen LogP contribution is 2.53. The van der Waals surface area contributed by atoms with E-state index in [2.05, 4.69) is 5.10 Å². The zero-order chi connectivity index (χ0) is 14.6. The van der Waals surface area contributed by atoms with E-state index in [9.17, 15) is 8.78 Å². The smallest absolute Gasteiger partial charge is 0.150 e. The number of halogens is 3.